The standard InChI is InChI=1S/C24H19FN2O2S/c1-15-5-4-6-19-21(28)13-18(26-23(15)19)14-30-22-8-3-2-7-20(22)27-24(29)16-9-11-17(25)12-10-16/h2-13H,14H2,1H3,(H,26,28)(H,27,29). The van der Waals surface area contributed by atoms with E-state index in [1.807, 2.05) is 49.4 Å². The molecular formula is C24H19FN2O2S. The summed E-state index contributed by atoms with van der Waals surface area (Å²) in [6, 6.07) is 20.2. The van der Waals surface area contributed by atoms with Crippen molar-refractivity contribution in [3.8, 4) is 0 Å². The highest BCUT2D eigenvalue weighted by atomic mass is 32.2. The summed E-state index contributed by atoms with van der Waals surface area (Å²) in [5.41, 5.74) is 3.70. The molecule has 4 aromatic rings. The lowest BCUT2D eigenvalue weighted by atomic mass is 10.1. The first-order valence-corrected chi connectivity index (χ1v) is 10.4. The molecule has 1 aromatic heterocycles. The van der Waals surface area contributed by atoms with Crippen molar-refractivity contribution in [2.24, 2.45) is 0 Å². The van der Waals surface area contributed by atoms with Crippen molar-refractivity contribution in [2.45, 2.75) is 17.6 Å². The first-order chi connectivity index (χ1) is 14.5. The predicted octanol–water partition coefficient (Wildman–Crippen LogP) is 5.52. The van der Waals surface area contributed by atoms with Crippen LogP contribution in [0, 0.1) is 12.7 Å². The zero-order valence-electron chi connectivity index (χ0n) is 16.2. The molecule has 0 aliphatic rings. The summed E-state index contributed by atoms with van der Waals surface area (Å²) in [7, 11) is 0. The zero-order chi connectivity index (χ0) is 21.1. The number of hydrogen-bond acceptors (Lipinski definition) is 3. The van der Waals surface area contributed by atoms with Crippen LogP contribution < -0.4 is 10.7 Å². The van der Waals surface area contributed by atoms with Crippen LogP contribution in [0.25, 0.3) is 10.9 Å². The van der Waals surface area contributed by atoms with Gasteiger partial charge in [0.05, 0.1) is 11.2 Å². The summed E-state index contributed by atoms with van der Waals surface area (Å²) in [6.45, 7) is 1.97. The smallest absolute Gasteiger partial charge is 0.255 e. The lowest BCUT2D eigenvalue weighted by molar-refractivity contribution is 0.102. The molecule has 0 radical (unpaired) electrons. The molecule has 0 bridgehead atoms. The molecular weight excluding hydrogens is 399 g/mol. The average molecular weight is 418 g/mol. The van der Waals surface area contributed by atoms with E-state index in [2.05, 4.69) is 10.3 Å². The fourth-order valence-corrected chi connectivity index (χ4v) is 4.11. The van der Waals surface area contributed by atoms with E-state index in [0.29, 0.717) is 22.4 Å². The highest BCUT2D eigenvalue weighted by Crippen LogP contribution is 2.30. The van der Waals surface area contributed by atoms with E-state index in [-0.39, 0.29) is 17.2 Å². The van der Waals surface area contributed by atoms with Crippen LogP contribution in [0.4, 0.5) is 10.1 Å². The molecule has 0 saturated heterocycles. The normalized spacial score (nSPS) is 10.9. The van der Waals surface area contributed by atoms with E-state index in [0.717, 1.165) is 21.7 Å². The first-order valence-electron chi connectivity index (χ1n) is 9.41. The highest BCUT2D eigenvalue weighted by Gasteiger charge is 2.11. The molecule has 0 atom stereocenters. The Labute approximate surface area is 177 Å². The van der Waals surface area contributed by atoms with Gasteiger partial charge in [-0.05, 0) is 55.0 Å². The minimum absolute atomic E-state index is 0.0130. The quantitative estimate of drug-likeness (QED) is 0.420. The van der Waals surface area contributed by atoms with Gasteiger partial charge in [0, 0.05) is 33.4 Å². The molecule has 30 heavy (non-hydrogen) atoms. The van der Waals surface area contributed by atoms with Gasteiger partial charge in [-0.25, -0.2) is 4.39 Å². The van der Waals surface area contributed by atoms with Gasteiger partial charge in [-0.15, -0.1) is 11.8 Å². The van der Waals surface area contributed by atoms with Gasteiger partial charge in [-0.2, -0.15) is 0 Å². The van der Waals surface area contributed by atoms with Crippen molar-refractivity contribution < 1.29 is 9.18 Å². The van der Waals surface area contributed by atoms with Crippen molar-refractivity contribution in [1.29, 1.82) is 0 Å². The summed E-state index contributed by atoms with van der Waals surface area (Å²) in [5.74, 6) is -0.150. The van der Waals surface area contributed by atoms with Gasteiger partial charge in [-0.1, -0.05) is 24.3 Å². The van der Waals surface area contributed by atoms with Gasteiger partial charge in [0.25, 0.3) is 5.91 Å². The molecule has 1 amide bonds. The van der Waals surface area contributed by atoms with E-state index < -0.39 is 0 Å². The summed E-state index contributed by atoms with van der Waals surface area (Å²) in [5, 5.41) is 3.56. The van der Waals surface area contributed by atoms with Crippen molar-refractivity contribution >= 4 is 34.3 Å². The minimum atomic E-state index is -0.387. The van der Waals surface area contributed by atoms with E-state index in [9.17, 15) is 14.0 Å². The van der Waals surface area contributed by atoms with Gasteiger partial charge in [0.2, 0.25) is 0 Å². The fourth-order valence-electron chi connectivity index (χ4n) is 3.20. The van der Waals surface area contributed by atoms with Gasteiger partial charge in [-0.3, -0.25) is 9.59 Å². The van der Waals surface area contributed by atoms with Gasteiger partial charge in [0.1, 0.15) is 5.82 Å². The Hall–Kier alpha value is -3.38. The molecule has 3 aromatic carbocycles. The Kier molecular flexibility index (Phi) is 5.68. The molecule has 4 nitrogen and oxygen atoms in total. The average Bonchev–Trinajstić information content (AvgIpc) is 2.74. The third kappa shape index (κ3) is 4.28. The zero-order valence-corrected chi connectivity index (χ0v) is 17.1. The van der Waals surface area contributed by atoms with E-state index >= 15 is 0 Å². The number of carbonyl (C=O) groups is 1. The van der Waals surface area contributed by atoms with Crippen LogP contribution in [-0.2, 0) is 5.75 Å². The first kappa shape index (κ1) is 19.9. The second kappa shape index (κ2) is 8.55. The molecule has 0 fully saturated rings. The monoisotopic (exact) mass is 418 g/mol. The van der Waals surface area contributed by atoms with Gasteiger partial charge >= 0.3 is 0 Å². The maximum atomic E-state index is 13.1. The third-order valence-corrected chi connectivity index (χ3v) is 5.88. The van der Waals surface area contributed by atoms with Gasteiger partial charge < -0.3 is 10.3 Å². The maximum Gasteiger partial charge on any atom is 0.255 e. The minimum Gasteiger partial charge on any atom is -0.357 e. The summed E-state index contributed by atoms with van der Waals surface area (Å²) in [6.07, 6.45) is 0. The topological polar surface area (TPSA) is 62.0 Å². The number of thioether (sulfide) groups is 1. The Morgan fingerprint density at radius 2 is 1.80 bits per heavy atom. The fraction of sp³-hybridized carbons (Fsp3) is 0.0833. The number of rotatable bonds is 5. The maximum absolute atomic E-state index is 13.1. The molecule has 0 unspecified atom stereocenters. The second-order valence-corrected chi connectivity index (χ2v) is 7.92. The third-order valence-electron chi connectivity index (χ3n) is 4.75. The Bertz CT molecular complexity index is 1280. The molecule has 150 valence electrons. The number of nitrogens with one attached hydrogen (secondary N) is 2. The number of fused-ring (bicyclic) bond motifs is 1. The molecule has 0 aliphatic heterocycles. The number of H-pyrrole nitrogens is 1. The second-order valence-electron chi connectivity index (χ2n) is 6.90. The SMILES string of the molecule is Cc1cccc2c(=O)cc(CSc3ccccc3NC(=O)c3ccc(F)cc3)[nH]c12. The Morgan fingerprint density at radius 3 is 2.60 bits per heavy atom. The number of benzene rings is 3. The number of amides is 1. The number of carbonyl (C=O) groups excluding carboxylic acids is 1. The lowest BCUT2D eigenvalue weighted by Crippen LogP contribution is -2.12. The molecule has 0 aliphatic carbocycles. The van der Waals surface area contributed by atoms with Crippen LogP contribution in [0.1, 0.15) is 21.6 Å². The Morgan fingerprint density at radius 1 is 1.03 bits per heavy atom. The van der Waals surface area contributed by atoms with Crippen LogP contribution in [0.5, 0.6) is 0 Å². The van der Waals surface area contributed by atoms with Crippen LogP contribution in [0.15, 0.2) is 82.5 Å². The van der Waals surface area contributed by atoms with E-state index in [1.165, 1.54) is 36.0 Å². The van der Waals surface area contributed by atoms with Crippen molar-refractivity contribution in [1.82, 2.24) is 4.98 Å². The molecule has 1 heterocycles. The number of pyridine rings is 1. The van der Waals surface area contributed by atoms with Crippen LogP contribution in [0.3, 0.4) is 0 Å². The predicted molar refractivity (Wildman–Crippen MR) is 120 cm³/mol. The van der Waals surface area contributed by atoms with Crippen LogP contribution in [0.2, 0.25) is 0 Å². The number of halogens is 1. The number of para-hydroxylation sites is 2. The highest BCUT2D eigenvalue weighted by molar-refractivity contribution is 7.98. The molecule has 4 rings (SSSR count). The van der Waals surface area contributed by atoms with Gasteiger partial charge in [0.15, 0.2) is 5.43 Å². The van der Waals surface area contributed by atoms with Crippen molar-refractivity contribution in [2.75, 3.05) is 5.32 Å². The van der Waals surface area contributed by atoms with E-state index in [4.69, 9.17) is 0 Å². The van der Waals surface area contributed by atoms with Crippen molar-refractivity contribution in [3.05, 3.63) is 106 Å². The number of aromatic nitrogens is 1. The lowest BCUT2D eigenvalue weighted by Gasteiger charge is -2.11. The molecule has 0 spiro atoms. The number of hydrogen-bond donors (Lipinski definition) is 2. The van der Waals surface area contributed by atoms with Crippen LogP contribution >= 0.6 is 11.8 Å². The van der Waals surface area contributed by atoms with E-state index in [1.54, 1.807) is 6.07 Å². The summed E-state index contributed by atoms with van der Waals surface area (Å²) < 4.78 is 13.1. The molecule has 2 N–H and O–H groups in total. The Balaban J connectivity index is 1.54. The summed E-state index contributed by atoms with van der Waals surface area (Å²) >= 11 is 1.52. The summed E-state index contributed by atoms with van der Waals surface area (Å²) in [4.78, 5) is 29.2. The molecule has 0 saturated carbocycles. The molecule has 6 heteroatoms. The number of anilines is 1. The number of aryl methyl sites for hydroxylation is 1. The number of aromatic amines is 1. The largest absolute Gasteiger partial charge is 0.357 e. The van der Waals surface area contributed by atoms with Crippen molar-refractivity contribution in [3.63, 3.8) is 0 Å². The van der Waals surface area contributed by atoms with Crippen LogP contribution in [-0.4, -0.2) is 10.9 Å².